The monoisotopic (exact) mass is 340 g/mol. The molecule has 0 saturated heterocycles. The number of ether oxygens (including phenoxy) is 2. The summed E-state index contributed by atoms with van der Waals surface area (Å²) in [5, 5.41) is 0. The second-order valence-corrected chi connectivity index (χ2v) is 5.77. The molecule has 1 atom stereocenters. The molecule has 2 aromatic rings. The van der Waals surface area contributed by atoms with E-state index in [1.165, 1.54) is 0 Å². The number of benzene rings is 2. The molecule has 0 aromatic heterocycles. The van der Waals surface area contributed by atoms with Crippen molar-refractivity contribution in [2.75, 3.05) is 6.61 Å². The van der Waals surface area contributed by atoms with E-state index >= 15 is 0 Å². The molecule has 0 fully saturated rings. The van der Waals surface area contributed by atoms with E-state index in [1.807, 2.05) is 32.0 Å². The Balaban J connectivity index is 2.14. The molecule has 0 aliphatic carbocycles. The van der Waals surface area contributed by atoms with E-state index in [0.29, 0.717) is 17.7 Å². The fraction of sp³-hybridized carbons (Fsp3) is 0.333. The molecule has 1 unspecified atom stereocenters. The molecule has 0 saturated carbocycles. The van der Waals surface area contributed by atoms with Crippen LogP contribution < -0.4 is 0 Å². The van der Waals surface area contributed by atoms with Crippen molar-refractivity contribution in [1.29, 1.82) is 0 Å². The summed E-state index contributed by atoms with van der Waals surface area (Å²) in [5.41, 5.74) is 2.15. The van der Waals surface area contributed by atoms with Crippen LogP contribution in [0.3, 0.4) is 0 Å². The molecule has 0 radical (unpaired) electrons. The molecule has 25 heavy (non-hydrogen) atoms. The van der Waals surface area contributed by atoms with Crippen LogP contribution in [0.25, 0.3) is 0 Å². The number of aryl methyl sites for hydroxylation is 1. The third-order valence-corrected chi connectivity index (χ3v) is 3.88. The number of hydrogen-bond donors (Lipinski definition) is 0. The molecule has 2 aromatic carbocycles. The van der Waals surface area contributed by atoms with Gasteiger partial charge in [-0.15, -0.1) is 0 Å². The Kier molecular flexibility index (Phi) is 7.20. The molecule has 2 rings (SSSR count). The van der Waals surface area contributed by atoms with E-state index in [9.17, 15) is 9.59 Å². The summed E-state index contributed by atoms with van der Waals surface area (Å²) >= 11 is 0. The fourth-order valence-electron chi connectivity index (χ4n) is 2.32. The van der Waals surface area contributed by atoms with Gasteiger partial charge in [0.2, 0.25) is 6.10 Å². The third kappa shape index (κ3) is 5.45. The summed E-state index contributed by atoms with van der Waals surface area (Å²) in [5.74, 6) is -1.08. The first kappa shape index (κ1) is 18.7. The SMILES string of the molecule is CCCCOC(=O)C(OC(=O)c1ccc(CC)cc1)c1ccccc1. The quantitative estimate of drug-likeness (QED) is 0.525. The Morgan fingerprint density at radius 2 is 1.64 bits per heavy atom. The summed E-state index contributed by atoms with van der Waals surface area (Å²) < 4.78 is 10.7. The zero-order valence-corrected chi connectivity index (χ0v) is 14.7. The van der Waals surface area contributed by atoms with Crippen LogP contribution in [0.15, 0.2) is 54.6 Å². The summed E-state index contributed by atoms with van der Waals surface area (Å²) in [4.78, 5) is 24.8. The van der Waals surface area contributed by atoms with Crippen molar-refractivity contribution in [3.05, 3.63) is 71.3 Å². The van der Waals surface area contributed by atoms with Crippen molar-refractivity contribution >= 4 is 11.9 Å². The maximum Gasteiger partial charge on any atom is 0.352 e. The zero-order chi connectivity index (χ0) is 18.1. The number of unbranched alkanes of at least 4 members (excludes halogenated alkanes) is 1. The molecule has 0 spiro atoms. The summed E-state index contributed by atoms with van der Waals surface area (Å²) in [6, 6.07) is 16.1. The molecule has 0 bridgehead atoms. The molecule has 0 heterocycles. The van der Waals surface area contributed by atoms with Gasteiger partial charge in [-0.25, -0.2) is 9.59 Å². The first-order valence-electron chi connectivity index (χ1n) is 8.67. The van der Waals surface area contributed by atoms with E-state index in [1.54, 1.807) is 36.4 Å². The van der Waals surface area contributed by atoms with Gasteiger partial charge >= 0.3 is 11.9 Å². The van der Waals surface area contributed by atoms with E-state index < -0.39 is 18.0 Å². The molecule has 0 amide bonds. The lowest BCUT2D eigenvalue weighted by Gasteiger charge is -2.17. The minimum absolute atomic E-state index is 0.321. The molecule has 0 N–H and O–H groups in total. The predicted molar refractivity (Wildman–Crippen MR) is 96.3 cm³/mol. The van der Waals surface area contributed by atoms with Gasteiger partial charge in [-0.05, 0) is 30.5 Å². The van der Waals surface area contributed by atoms with E-state index in [0.717, 1.165) is 24.8 Å². The first-order chi connectivity index (χ1) is 12.2. The number of carbonyl (C=O) groups is 2. The minimum atomic E-state index is -1.06. The highest BCUT2D eigenvalue weighted by Gasteiger charge is 2.27. The van der Waals surface area contributed by atoms with Crippen LogP contribution in [0.4, 0.5) is 0 Å². The second kappa shape index (κ2) is 9.62. The van der Waals surface area contributed by atoms with Gasteiger partial charge in [-0.3, -0.25) is 0 Å². The topological polar surface area (TPSA) is 52.6 Å². The van der Waals surface area contributed by atoms with Crippen molar-refractivity contribution in [1.82, 2.24) is 0 Å². The van der Waals surface area contributed by atoms with E-state index in [2.05, 4.69) is 0 Å². The van der Waals surface area contributed by atoms with Gasteiger partial charge in [0.05, 0.1) is 12.2 Å². The molecule has 4 heteroatoms. The van der Waals surface area contributed by atoms with Crippen LogP contribution in [-0.2, 0) is 20.7 Å². The highest BCUT2D eigenvalue weighted by Crippen LogP contribution is 2.21. The van der Waals surface area contributed by atoms with Crippen LogP contribution in [0.5, 0.6) is 0 Å². The number of esters is 2. The predicted octanol–water partition coefficient (Wildman–Crippen LogP) is 4.49. The van der Waals surface area contributed by atoms with E-state index in [-0.39, 0.29) is 0 Å². The van der Waals surface area contributed by atoms with Crippen molar-refractivity contribution in [2.45, 2.75) is 39.2 Å². The van der Waals surface area contributed by atoms with Crippen LogP contribution in [0.2, 0.25) is 0 Å². The molecule has 132 valence electrons. The lowest BCUT2D eigenvalue weighted by molar-refractivity contribution is -0.154. The largest absolute Gasteiger partial charge is 0.463 e. The highest BCUT2D eigenvalue weighted by molar-refractivity contribution is 5.91. The zero-order valence-electron chi connectivity index (χ0n) is 14.7. The molecule has 0 aliphatic rings. The van der Waals surface area contributed by atoms with Gasteiger partial charge in [-0.2, -0.15) is 0 Å². The maximum atomic E-state index is 12.4. The lowest BCUT2D eigenvalue weighted by Crippen LogP contribution is -2.22. The normalized spacial score (nSPS) is 11.6. The first-order valence-corrected chi connectivity index (χ1v) is 8.67. The van der Waals surface area contributed by atoms with Gasteiger partial charge in [0.15, 0.2) is 0 Å². The van der Waals surface area contributed by atoms with Crippen molar-refractivity contribution in [2.24, 2.45) is 0 Å². The fourth-order valence-corrected chi connectivity index (χ4v) is 2.32. The molecule has 0 aliphatic heterocycles. The molecular weight excluding hydrogens is 316 g/mol. The van der Waals surface area contributed by atoms with Gasteiger partial charge in [-0.1, -0.05) is 62.7 Å². The van der Waals surface area contributed by atoms with Crippen LogP contribution in [0.1, 0.15) is 54.3 Å². The third-order valence-electron chi connectivity index (χ3n) is 3.88. The van der Waals surface area contributed by atoms with Crippen molar-refractivity contribution in [3.63, 3.8) is 0 Å². The van der Waals surface area contributed by atoms with Gasteiger partial charge in [0, 0.05) is 5.56 Å². The Bertz CT molecular complexity index is 677. The van der Waals surface area contributed by atoms with Crippen LogP contribution >= 0.6 is 0 Å². The Morgan fingerprint density at radius 3 is 2.24 bits per heavy atom. The number of carbonyl (C=O) groups excluding carboxylic acids is 2. The average Bonchev–Trinajstić information content (AvgIpc) is 2.66. The van der Waals surface area contributed by atoms with Crippen molar-refractivity contribution in [3.8, 4) is 0 Å². The summed E-state index contributed by atoms with van der Waals surface area (Å²) in [7, 11) is 0. The Hall–Kier alpha value is -2.62. The maximum absolute atomic E-state index is 12.4. The summed E-state index contributed by atoms with van der Waals surface area (Å²) in [6.45, 7) is 4.38. The van der Waals surface area contributed by atoms with E-state index in [4.69, 9.17) is 9.47 Å². The van der Waals surface area contributed by atoms with Gasteiger partial charge in [0.25, 0.3) is 0 Å². The smallest absolute Gasteiger partial charge is 0.352 e. The Labute approximate surface area is 148 Å². The average molecular weight is 340 g/mol. The second-order valence-electron chi connectivity index (χ2n) is 5.77. The number of hydrogen-bond acceptors (Lipinski definition) is 4. The van der Waals surface area contributed by atoms with Crippen molar-refractivity contribution < 1.29 is 19.1 Å². The van der Waals surface area contributed by atoms with Gasteiger partial charge < -0.3 is 9.47 Å². The highest BCUT2D eigenvalue weighted by atomic mass is 16.6. The van der Waals surface area contributed by atoms with Gasteiger partial charge in [0.1, 0.15) is 0 Å². The Morgan fingerprint density at radius 1 is 0.960 bits per heavy atom. The lowest BCUT2D eigenvalue weighted by atomic mass is 10.1. The molecule has 4 nitrogen and oxygen atoms in total. The van der Waals surface area contributed by atoms with Crippen LogP contribution in [0, 0.1) is 0 Å². The standard InChI is InChI=1S/C21H24O4/c1-3-5-15-24-21(23)19(17-9-7-6-8-10-17)25-20(22)18-13-11-16(4-2)12-14-18/h6-14,19H,3-5,15H2,1-2H3. The number of rotatable bonds is 8. The molecular formula is C21H24O4. The van der Waals surface area contributed by atoms with Crippen LogP contribution in [-0.4, -0.2) is 18.5 Å². The minimum Gasteiger partial charge on any atom is -0.463 e. The summed E-state index contributed by atoms with van der Waals surface area (Å²) in [6.07, 6.45) is 1.54.